The lowest BCUT2D eigenvalue weighted by Gasteiger charge is -2.01. The molecule has 0 aliphatic heterocycles. The third-order valence-corrected chi connectivity index (χ3v) is 3.57. The molecule has 4 aromatic rings. The number of ether oxygens (including phenoxy) is 1. The molecule has 3 aromatic heterocycles. The van der Waals surface area contributed by atoms with Crippen molar-refractivity contribution in [2.75, 3.05) is 7.11 Å². The van der Waals surface area contributed by atoms with Gasteiger partial charge in [-0.15, -0.1) is 0 Å². The van der Waals surface area contributed by atoms with Gasteiger partial charge in [-0.1, -0.05) is 12.1 Å². The predicted molar refractivity (Wildman–Crippen MR) is 84.0 cm³/mol. The van der Waals surface area contributed by atoms with Gasteiger partial charge in [0, 0.05) is 17.1 Å². The largest absolute Gasteiger partial charge is 0.497 e. The molecule has 0 bridgehead atoms. The van der Waals surface area contributed by atoms with Crippen molar-refractivity contribution in [3.8, 4) is 17.1 Å². The number of pyridine rings is 2. The van der Waals surface area contributed by atoms with Crippen molar-refractivity contribution in [1.82, 2.24) is 19.9 Å². The third kappa shape index (κ3) is 1.85. The molecule has 0 saturated heterocycles. The summed E-state index contributed by atoms with van der Waals surface area (Å²) >= 11 is 0. The van der Waals surface area contributed by atoms with Crippen LogP contribution in [0.2, 0.25) is 0 Å². The average Bonchev–Trinajstić information content (AvgIpc) is 3.01. The average molecular weight is 292 g/mol. The minimum Gasteiger partial charge on any atom is -0.497 e. The summed E-state index contributed by atoms with van der Waals surface area (Å²) in [6.07, 6.45) is 1.64. The van der Waals surface area contributed by atoms with Crippen LogP contribution in [0.4, 0.5) is 0 Å². The summed E-state index contributed by atoms with van der Waals surface area (Å²) < 4.78 is 5.22. The zero-order chi connectivity index (χ0) is 15.1. The predicted octanol–water partition coefficient (Wildman–Crippen LogP) is 2.48. The van der Waals surface area contributed by atoms with Crippen LogP contribution in [0.3, 0.4) is 0 Å². The van der Waals surface area contributed by atoms with Crippen molar-refractivity contribution in [3.05, 3.63) is 52.9 Å². The van der Waals surface area contributed by atoms with E-state index in [4.69, 9.17) is 4.74 Å². The Labute approximate surface area is 124 Å². The number of nitrogens with one attached hydrogen (secondary N) is 2. The van der Waals surface area contributed by atoms with Crippen LogP contribution in [-0.2, 0) is 0 Å². The Morgan fingerprint density at radius 3 is 2.91 bits per heavy atom. The molecule has 108 valence electrons. The quantitative estimate of drug-likeness (QED) is 0.594. The van der Waals surface area contributed by atoms with E-state index >= 15 is 0 Å². The van der Waals surface area contributed by atoms with E-state index in [2.05, 4.69) is 19.9 Å². The van der Waals surface area contributed by atoms with Crippen LogP contribution in [0.5, 0.6) is 5.75 Å². The molecule has 3 heterocycles. The highest BCUT2D eigenvalue weighted by atomic mass is 16.5. The lowest BCUT2D eigenvalue weighted by Crippen LogP contribution is -2.07. The number of aromatic amines is 2. The molecule has 1 aromatic carbocycles. The maximum Gasteiger partial charge on any atom is 0.275 e. The molecule has 0 fully saturated rings. The third-order valence-electron chi connectivity index (χ3n) is 3.57. The Balaban J connectivity index is 2.02. The van der Waals surface area contributed by atoms with E-state index in [1.165, 1.54) is 0 Å². The number of nitrogens with zero attached hydrogens (tertiary/aromatic N) is 2. The Hall–Kier alpha value is -3.15. The minimum atomic E-state index is -0.233. The molecule has 0 amide bonds. The van der Waals surface area contributed by atoms with Crippen molar-refractivity contribution in [3.63, 3.8) is 0 Å². The summed E-state index contributed by atoms with van der Waals surface area (Å²) in [6.45, 7) is 0. The van der Waals surface area contributed by atoms with E-state index in [0.717, 1.165) is 16.7 Å². The van der Waals surface area contributed by atoms with Gasteiger partial charge in [0.05, 0.1) is 7.11 Å². The Kier molecular flexibility index (Phi) is 2.69. The van der Waals surface area contributed by atoms with E-state index in [9.17, 15) is 4.79 Å². The fraction of sp³-hybridized carbons (Fsp3) is 0.0625. The molecule has 0 aliphatic rings. The number of hydrogen-bond acceptors (Lipinski definition) is 4. The molecule has 2 N–H and O–H groups in total. The van der Waals surface area contributed by atoms with Crippen LogP contribution in [-0.4, -0.2) is 27.0 Å². The van der Waals surface area contributed by atoms with Crippen LogP contribution in [0, 0.1) is 0 Å². The first-order valence-corrected chi connectivity index (χ1v) is 6.77. The zero-order valence-corrected chi connectivity index (χ0v) is 11.8. The van der Waals surface area contributed by atoms with Crippen LogP contribution in [0.1, 0.15) is 0 Å². The second kappa shape index (κ2) is 4.70. The molecular formula is C16H12N4O2. The number of benzene rings is 1. The van der Waals surface area contributed by atoms with Crippen molar-refractivity contribution in [2.24, 2.45) is 0 Å². The van der Waals surface area contributed by atoms with E-state index in [1.807, 2.05) is 36.4 Å². The van der Waals surface area contributed by atoms with Crippen molar-refractivity contribution in [2.45, 2.75) is 0 Å². The molecule has 0 atom stereocenters. The van der Waals surface area contributed by atoms with Gasteiger partial charge in [-0.05, 0) is 24.3 Å². The monoisotopic (exact) mass is 292 g/mol. The van der Waals surface area contributed by atoms with Gasteiger partial charge in [0.25, 0.3) is 5.56 Å². The van der Waals surface area contributed by atoms with Gasteiger partial charge in [0.15, 0.2) is 0 Å². The molecule has 0 saturated carbocycles. The summed E-state index contributed by atoms with van der Waals surface area (Å²) in [5.74, 6) is 1.36. The fourth-order valence-corrected chi connectivity index (χ4v) is 2.51. The summed E-state index contributed by atoms with van der Waals surface area (Å²) in [7, 11) is 1.61. The molecular weight excluding hydrogens is 280 g/mol. The van der Waals surface area contributed by atoms with Gasteiger partial charge < -0.3 is 14.7 Å². The number of fused-ring (bicyclic) bond motifs is 3. The maximum atomic E-state index is 12.2. The maximum absolute atomic E-state index is 12.2. The fourth-order valence-electron chi connectivity index (χ4n) is 2.51. The number of methoxy groups -OCH3 is 1. The van der Waals surface area contributed by atoms with Gasteiger partial charge >= 0.3 is 0 Å². The number of hydrogen-bond donors (Lipinski definition) is 2. The normalized spacial score (nSPS) is 11.1. The zero-order valence-electron chi connectivity index (χ0n) is 11.8. The van der Waals surface area contributed by atoms with E-state index in [0.29, 0.717) is 22.5 Å². The highest BCUT2D eigenvalue weighted by Gasteiger charge is 2.12. The topological polar surface area (TPSA) is 83.7 Å². The Morgan fingerprint density at radius 2 is 2.05 bits per heavy atom. The summed E-state index contributed by atoms with van der Waals surface area (Å²) in [5, 5.41) is 0.808. The number of rotatable bonds is 2. The van der Waals surface area contributed by atoms with Crippen molar-refractivity contribution >= 4 is 22.1 Å². The summed E-state index contributed by atoms with van der Waals surface area (Å²) in [6, 6.07) is 11.2. The second-order valence-electron chi connectivity index (χ2n) is 4.89. The van der Waals surface area contributed by atoms with E-state index in [-0.39, 0.29) is 5.56 Å². The minimum absolute atomic E-state index is 0.233. The first kappa shape index (κ1) is 12.6. The number of H-pyrrole nitrogens is 2. The smallest absolute Gasteiger partial charge is 0.275 e. The first-order valence-electron chi connectivity index (χ1n) is 6.77. The SMILES string of the molecule is COc1cccc(-c2nc3c([nH]2)c(=O)[nH]c2ncccc23)c1. The Morgan fingerprint density at radius 1 is 1.14 bits per heavy atom. The van der Waals surface area contributed by atoms with E-state index in [1.54, 1.807) is 13.3 Å². The summed E-state index contributed by atoms with van der Waals surface area (Å²) in [5.41, 5.74) is 2.21. The lowest BCUT2D eigenvalue weighted by molar-refractivity contribution is 0.415. The van der Waals surface area contributed by atoms with E-state index < -0.39 is 0 Å². The van der Waals surface area contributed by atoms with Gasteiger partial charge in [0.1, 0.15) is 28.3 Å². The summed E-state index contributed by atoms with van der Waals surface area (Å²) in [4.78, 5) is 26.8. The highest BCUT2D eigenvalue weighted by Crippen LogP contribution is 2.25. The lowest BCUT2D eigenvalue weighted by atomic mass is 10.2. The molecule has 6 nitrogen and oxygen atoms in total. The Bertz CT molecular complexity index is 1050. The van der Waals surface area contributed by atoms with Crippen molar-refractivity contribution < 1.29 is 4.74 Å². The number of imidazole rings is 1. The number of aromatic nitrogens is 4. The molecule has 0 radical (unpaired) electrons. The molecule has 0 unspecified atom stereocenters. The van der Waals surface area contributed by atoms with Gasteiger partial charge in [-0.25, -0.2) is 9.97 Å². The molecule has 0 aliphatic carbocycles. The van der Waals surface area contributed by atoms with Crippen LogP contribution >= 0.6 is 0 Å². The van der Waals surface area contributed by atoms with Crippen LogP contribution < -0.4 is 10.3 Å². The first-order chi connectivity index (χ1) is 10.8. The van der Waals surface area contributed by atoms with Gasteiger partial charge in [-0.2, -0.15) is 0 Å². The van der Waals surface area contributed by atoms with Crippen LogP contribution in [0.25, 0.3) is 33.5 Å². The molecule has 0 spiro atoms. The second-order valence-corrected chi connectivity index (χ2v) is 4.89. The van der Waals surface area contributed by atoms with Gasteiger partial charge in [0.2, 0.25) is 0 Å². The molecule has 6 heteroatoms. The standard InChI is InChI=1S/C16H12N4O2/c1-22-10-5-2-4-9(8-10)14-18-12-11-6-3-7-17-15(11)20-16(21)13(12)19-14/h2-8H,1H3,(H,18,19)(H,17,20,21). The van der Waals surface area contributed by atoms with Crippen molar-refractivity contribution in [1.29, 1.82) is 0 Å². The highest BCUT2D eigenvalue weighted by molar-refractivity contribution is 6.01. The van der Waals surface area contributed by atoms with Crippen LogP contribution in [0.15, 0.2) is 47.4 Å². The molecule has 22 heavy (non-hydrogen) atoms. The molecule has 4 rings (SSSR count). The van der Waals surface area contributed by atoms with Gasteiger partial charge in [-0.3, -0.25) is 4.79 Å².